The molecule has 0 aliphatic carbocycles. The molecule has 2 saturated heterocycles. The molecule has 1 aromatic heterocycles. The molecule has 0 radical (unpaired) electrons. The third-order valence-corrected chi connectivity index (χ3v) is 4.99. The maximum Gasteiger partial charge on any atom is 0.246 e. The van der Waals surface area contributed by atoms with Gasteiger partial charge in [0, 0.05) is 31.1 Å². The standard InChI is InChI=1S/C15H18N4O3S/c20-13-2-1-11(18-13)15(22)19-9-23-8-12(19)14(21)17-7-10-3-5-16-6-4-10/h3-6,11-12H,1-2,7-9H2,(H,17,21)(H,18,20)/t11-,12-/m1/s1. The Balaban J connectivity index is 1.58. The second kappa shape index (κ2) is 6.99. The quantitative estimate of drug-likeness (QED) is 0.801. The van der Waals surface area contributed by atoms with Crippen LogP contribution in [0.15, 0.2) is 24.5 Å². The van der Waals surface area contributed by atoms with Gasteiger partial charge in [-0.2, -0.15) is 0 Å². The normalized spacial score (nSPS) is 23.7. The van der Waals surface area contributed by atoms with Gasteiger partial charge in [0.15, 0.2) is 0 Å². The van der Waals surface area contributed by atoms with E-state index in [0.717, 1.165) is 5.56 Å². The summed E-state index contributed by atoms with van der Waals surface area (Å²) < 4.78 is 0. The summed E-state index contributed by atoms with van der Waals surface area (Å²) in [5.41, 5.74) is 0.958. The Kier molecular flexibility index (Phi) is 4.80. The molecular formula is C15H18N4O3S. The lowest BCUT2D eigenvalue weighted by Crippen LogP contribution is -2.52. The van der Waals surface area contributed by atoms with Crippen molar-refractivity contribution in [2.75, 3.05) is 11.6 Å². The molecule has 3 heterocycles. The van der Waals surface area contributed by atoms with Gasteiger partial charge in [0.2, 0.25) is 17.7 Å². The van der Waals surface area contributed by atoms with Crippen LogP contribution in [0.5, 0.6) is 0 Å². The number of rotatable bonds is 4. The predicted molar refractivity (Wildman–Crippen MR) is 85.2 cm³/mol. The second-order valence-corrected chi connectivity index (χ2v) is 6.56. The van der Waals surface area contributed by atoms with Gasteiger partial charge in [-0.25, -0.2) is 0 Å². The summed E-state index contributed by atoms with van der Waals surface area (Å²) >= 11 is 1.55. The number of nitrogens with zero attached hydrogens (tertiary/aromatic N) is 2. The van der Waals surface area contributed by atoms with E-state index in [1.165, 1.54) is 0 Å². The third-order valence-electron chi connectivity index (χ3n) is 3.98. The fourth-order valence-corrected chi connectivity index (χ4v) is 3.85. The van der Waals surface area contributed by atoms with Gasteiger partial charge in [0.05, 0.1) is 5.88 Å². The van der Waals surface area contributed by atoms with E-state index in [9.17, 15) is 14.4 Å². The average molecular weight is 334 g/mol. The minimum Gasteiger partial charge on any atom is -0.350 e. The number of hydrogen-bond donors (Lipinski definition) is 2. The summed E-state index contributed by atoms with van der Waals surface area (Å²) in [4.78, 5) is 41.7. The highest BCUT2D eigenvalue weighted by molar-refractivity contribution is 7.99. The number of pyridine rings is 1. The van der Waals surface area contributed by atoms with Gasteiger partial charge in [-0.1, -0.05) is 0 Å². The van der Waals surface area contributed by atoms with Crippen molar-refractivity contribution in [2.45, 2.75) is 31.5 Å². The summed E-state index contributed by atoms with van der Waals surface area (Å²) in [6.45, 7) is 0.407. The summed E-state index contributed by atoms with van der Waals surface area (Å²) in [5, 5.41) is 5.53. The Morgan fingerprint density at radius 3 is 2.87 bits per heavy atom. The van der Waals surface area contributed by atoms with Gasteiger partial charge in [-0.05, 0) is 24.1 Å². The minimum atomic E-state index is -0.489. The van der Waals surface area contributed by atoms with Gasteiger partial charge < -0.3 is 15.5 Å². The first kappa shape index (κ1) is 15.8. The number of thioether (sulfide) groups is 1. The number of hydrogen-bond acceptors (Lipinski definition) is 5. The van der Waals surface area contributed by atoms with Crippen LogP contribution in [0.4, 0.5) is 0 Å². The minimum absolute atomic E-state index is 0.103. The molecule has 2 atom stereocenters. The van der Waals surface area contributed by atoms with E-state index >= 15 is 0 Å². The van der Waals surface area contributed by atoms with Crippen LogP contribution in [0.25, 0.3) is 0 Å². The molecule has 0 aromatic carbocycles. The molecule has 3 rings (SSSR count). The van der Waals surface area contributed by atoms with Crippen LogP contribution in [0.1, 0.15) is 18.4 Å². The van der Waals surface area contributed by atoms with Gasteiger partial charge in [-0.15, -0.1) is 11.8 Å². The Labute approximate surface area is 138 Å². The largest absolute Gasteiger partial charge is 0.350 e. The molecule has 8 heteroatoms. The van der Waals surface area contributed by atoms with E-state index in [2.05, 4.69) is 15.6 Å². The first-order valence-corrected chi connectivity index (χ1v) is 8.65. The smallest absolute Gasteiger partial charge is 0.246 e. The highest BCUT2D eigenvalue weighted by atomic mass is 32.2. The predicted octanol–water partition coefficient (Wildman–Crippen LogP) is -0.122. The number of amides is 3. The molecule has 0 saturated carbocycles. The van der Waals surface area contributed by atoms with E-state index in [1.54, 1.807) is 29.1 Å². The molecule has 3 amide bonds. The molecule has 2 aliphatic heterocycles. The van der Waals surface area contributed by atoms with Gasteiger partial charge in [0.25, 0.3) is 0 Å². The number of nitrogens with one attached hydrogen (secondary N) is 2. The molecule has 0 bridgehead atoms. The van der Waals surface area contributed by atoms with Crippen molar-refractivity contribution < 1.29 is 14.4 Å². The molecule has 0 spiro atoms. The zero-order chi connectivity index (χ0) is 16.2. The Morgan fingerprint density at radius 2 is 2.17 bits per heavy atom. The maximum absolute atomic E-state index is 12.5. The molecule has 7 nitrogen and oxygen atoms in total. The topological polar surface area (TPSA) is 91.4 Å². The van der Waals surface area contributed by atoms with Crippen molar-refractivity contribution in [2.24, 2.45) is 0 Å². The molecule has 2 aliphatic rings. The SMILES string of the molecule is O=C1CC[C@H](C(=O)N2CSC[C@@H]2C(=O)NCc2ccncc2)N1. The van der Waals surface area contributed by atoms with E-state index < -0.39 is 12.1 Å². The van der Waals surface area contributed by atoms with Crippen molar-refractivity contribution in [3.8, 4) is 0 Å². The van der Waals surface area contributed by atoms with Gasteiger partial charge >= 0.3 is 0 Å². The van der Waals surface area contributed by atoms with E-state index in [4.69, 9.17) is 0 Å². The van der Waals surface area contributed by atoms with Gasteiger partial charge in [-0.3, -0.25) is 19.4 Å². The molecule has 0 unspecified atom stereocenters. The van der Waals surface area contributed by atoms with Gasteiger partial charge in [0.1, 0.15) is 12.1 Å². The van der Waals surface area contributed by atoms with Crippen LogP contribution >= 0.6 is 11.8 Å². The van der Waals surface area contributed by atoms with Crippen LogP contribution in [0.2, 0.25) is 0 Å². The molecule has 122 valence electrons. The van der Waals surface area contributed by atoms with E-state index in [1.807, 2.05) is 12.1 Å². The fraction of sp³-hybridized carbons (Fsp3) is 0.467. The van der Waals surface area contributed by atoms with Crippen LogP contribution in [0.3, 0.4) is 0 Å². The van der Waals surface area contributed by atoms with Crippen molar-refractivity contribution in [1.82, 2.24) is 20.5 Å². The molecule has 1 aromatic rings. The van der Waals surface area contributed by atoms with Crippen molar-refractivity contribution in [1.29, 1.82) is 0 Å². The molecular weight excluding hydrogens is 316 g/mol. The van der Waals surface area contributed by atoms with Crippen LogP contribution in [0, 0.1) is 0 Å². The van der Waals surface area contributed by atoms with Crippen molar-refractivity contribution >= 4 is 29.5 Å². The third kappa shape index (κ3) is 3.64. The van der Waals surface area contributed by atoms with Crippen LogP contribution in [-0.2, 0) is 20.9 Å². The lowest BCUT2D eigenvalue weighted by Gasteiger charge is -2.25. The fourth-order valence-electron chi connectivity index (χ4n) is 2.68. The van der Waals surface area contributed by atoms with E-state index in [-0.39, 0.29) is 17.7 Å². The summed E-state index contributed by atoms with van der Waals surface area (Å²) in [7, 11) is 0. The zero-order valence-electron chi connectivity index (χ0n) is 12.5. The van der Waals surface area contributed by atoms with Crippen LogP contribution < -0.4 is 10.6 Å². The van der Waals surface area contributed by atoms with Crippen LogP contribution in [-0.4, -0.2) is 51.3 Å². The average Bonchev–Trinajstić information content (AvgIpc) is 3.22. The Morgan fingerprint density at radius 1 is 1.39 bits per heavy atom. The lowest BCUT2D eigenvalue weighted by atomic mass is 10.1. The summed E-state index contributed by atoms with van der Waals surface area (Å²) in [6, 6.07) is 2.70. The Hall–Kier alpha value is -2.09. The zero-order valence-corrected chi connectivity index (χ0v) is 13.3. The number of carbonyl (C=O) groups excluding carboxylic acids is 3. The molecule has 2 N–H and O–H groups in total. The first-order chi connectivity index (χ1) is 11.1. The number of aromatic nitrogens is 1. The Bertz CT molecular complexity index is 610. The van der Waals surface area contributed by atoms with Crippen molar-refractivity contribution in [3.05, 3.63) is 30.1 Å². The first-order valence-electron chi connectivity index (χ1n) is 7.49. The van der Waals surface area contributed by atoms with Crippen molar-refractivity contribution in [3.63, 3.8) is 0 Å². The molecule has 2 fully saturated rings. The molecule has 23 heavy (non-hydrogen) atoms. The maximum atomic E-state index is 12.5. The summed E-state index contributed by atoms with van der Waals surface area (Å²) in [5.74, 6) is 0.635. The summed E-state index contributed by atoms with van der Waals surface area (Å²) in [6.07, 6.45) is 4.22. The van der Waals surface area contributed by atoms with E-state index in [0.29, 0.717) is 31.0 Å². The monoisotopic (exact) mass is 334 g/mol. The highest BCUT2D eigenvalue weighted by Crippen LogP contribution is 2.23. The highest BCUT2D eigenvalue weighted by Gasteiger charge is 2.39. The lowest BCUT2D eigenvalue weighted by molar-refractivity contribution is -0.139. The number of carbonyl (C=O) groups is 3. The second-order valence-electron chi connectivity index (χ2n) is 5.56.